The Morgan fingerprint density at radius 3 is 1.95 bits per heavy atom. The third-order valence-electron chi connectivity index (χ3n) is 6.56. The molecule has 3 rings (SSSR count). The molecule has 0 spiro atoms. The summed E-state index contributed by atoms with van der Waals surface area (Å²) < 4.78 is 16.8. The van der Waals surface area contributed by atoms with Gasteiger partial charge in [0.2, 0.25) is 0 Å². The van der Waals surface area contributed by atoms with Gasteiger partial charge in [0.25, 0.3) is 0 Å². The van der Waals surface area contributed by atoms with E-state index in [1.165, 1.54) is 12.8 Å². The summed E-state index contributed by atoms with van der Waals surface area (Å²) in [5, 5.41) is 18.3. The largest absolute Gasteiger partial charge is 0.494 e. The first-order valence-corrected chi connectivity index (χ1v) is 14.7. The molecule has 3 aromatic carbocycles. The van der Waals surface area contributed by atoms with Crippen LogP contribution >= 0.6 is 0 Å². The zero-order valence-electron chi connectivity index (χ0n) is 24.8. The Balaban J connectivity index is 1.42. The number of hydrogen-bond acceptors (Lipinski definition) is 7. The maximum Gasteiger partial charge on any atom is 0.333 e. The summed E-state index contributed by atoms with van der Waals surface area (Å²) in [7, 11) is 0. The van der Waals surface area contributed by atoms with Gasteiger partial charge in [-0.25, -0.2) is 4.79 Å². The molecule has 0 bridgehead atoms. The second-order valence-electron chi connectivity index (χ2n) is 10.2. The van der Waals surface area contributed by atoms with Crippen molar-refractivity contribution in [3.05, 3.63) is 84.4 Å². The number of nitriles is 1. The third kappa shape index (κ3) is 11.2. The highest BCUT2D eigenvalue weighted by molar-refractivity contribution is 5.86. The quantitative estimate of drug-likeness (QED) is 0.0660. The average Bonchev–Trinajstić information content (AvgIpc) is 3.02. The number of ether oxygens (including phenoxy) is 3. The molecule has 7 nitrogen and oxygen atoms in total. The van der Waals surface area contributed by atoms with Crippen molar-refractivity contribution in [2.24, 2.45) is 10.2 Å². The monoisotopic (exact) mass is 567 g/mol. The molecule has 0 N–H and O–H groups in total. The van der Waals surface area contributed by atoms with E-state index in [-0.39, 0.29) is 5.97 Å². The van der Waals surface area contributed by atoms with Crippen LogP contribution in [-0.2, 0) is 9.53 Å². The molecule has 0 atom stereocenters. The van der Waals surface area contributed by atoms with E-state index >= 15 is 0 Å². The molecule has 0 amide bonds. The Kier molecular flexibility index (Phi) is 13.8. The molecule has 0 radical (unpaired) electrons. The van der Waals surface area contributed by atoms with Gasteiger partial charge < -0.3 is 14.2 Å². The molecule has 0 aliphatic carbocycles. The lowest BCUT2D eigenvalue weighted by Crippen LogP contribution is -2.06. The summed E-state index contributed by atoms with van der Waals surface area (Å²) in [6, 6.07) is 23.3. The normalized spacial score (nSPS) is 10.8. The van der Waals surface area contributed by atoms with Crippen molar-refractivity contribution in [2.45, 2.75) is 65.2 Å². The van der Waals surface area contributed by atoms with Crippen LogP contribution in [-0.4, -0.2) is 25.8 Å². The van der Waals surface area contributed by atoms with Crippen LogP contribution in [0.4, 0.5) is 11.4 Å². The number of esters is 1. The minimum Gasteiger partial charge on any atom is -0.494 e. The van der Waals surface area contributed by atoms with Crippen molar-refractivity contribution >= 4 is 17.3 Å². The predicted molar refractivity (Wildman–Crippen MR) is 167 cm³/mol. The van der Waals surface area contributed by atoms with Crippen molar-refractivity contribution in [3.63, 3.8) is 0 Å². The molecule has 3 aromatic rings. The zero-order valence-corrected chi connectivity index (χ0v) is 24.8. The van der Waals surface area contributed by atoms with Gasteiger partial charge >= 0.3 is 5.97 Å². The van der Waals surface area contributed by atoms with Gasteiger partial charge in [-0.1, -0.05) is 51.0 Å². The highest BCUT2D eigenvalue weighted by Gasteiger charge is 2.07. The van der Waals surface area contributed by atoms with Crippen molar-refractivity contribution in [1.82, 2.24) is 0 Å². The Labute approximate surface area is 249 Å². The number of azo groups is 1. The fourth-order valence-corrected chi connectivity index (χ4v) is 4.11. The van der Waals surface area contributed by atoms with Gasteiger partial charge in [0.1, 0.15) is 17.6 Å². The van der Waals surface area contributed by atoms with Crippen molar-refractivity contribution < 1.29 is 19.0 Å². The van der Waals surface area contributed by atoms with Crippen LogP contribution in [0.2, 0.25) is 0 Å². The minimum atomic E-state index is -0.328. The molecule has 0 saturated carbocycles. The summed E-state index contributed by atoms with van der Waals surface area (Å²) in [5.74, 6) is 1.10. The van der Waals surface area contributed by atoms with E-state index in [4.69, 9.17) is 14.2 Å². The number of hydrogen-bond donors (Lipinski definition) is 0. The van der Waals surface area contributed by atoms with Gasteiger partial charge in [0, 0.05) is 5.57 Å². The molecule has 0 aliphatic heterocycles. The van der Waals surface area contributed by atoms with Crippen LogP contribution in [0.25, 0.3) is 11.1 Å². The van der Waals surface area contributed by atoms with Crippen LogP contribution in [0, 0.1) is 11.3 Å². The third-order valence-corrected chi connectivity index (χ3v) is 6.56. The van der Waals surface area contributed by atoms with Crippen molar-refractivity contribution in [1.29, 1.82) is 5.26 Å². The molecule has 0 aromatic heterocycles. The summed E-state index contributed by atoms with van der Waals surface area (Å²) in [5.41, 5.74) is 4.39. The number of carbonyl (C=O) groups excluding carboxylic acids is 1. The lowest BCUT2D eigenvalue weighted by molar-refractivity contribution is -0.139. The average molecular weight is 568 g/mol. The van der Waals surface area contributed by atoms with Crippen molar-refractivity contribution in [2.75, 3.05) is 19.8 Å². The molecule has 0 aliphatic rings. The highest BCUT2D eigenvalue weighted by atomic mass is 16.5. The number of rotatable bonds is 18. The van der Waals surface area contributed by atoms with Gasteiger partial charge in [-0.05, 0) is 98.7 Å². The molecular formula is C35H41N3O4. The summed E-state index contributed by atoms with van der Waals surface area (Å²) >= 11 is 0. The fourth-order valence-electron chi connectivity index (χ4n) is 4.11. The van der Waals surface area contributed by atoms with Crippen molar-refractivity contribution in [3.8, 4) is 28.7 Å². The van der Waals surface area contributed by atoms with E-state index in [9.17, 15) is 10.1 Å². The molecular weight excluding hydrogens is 526 g/mol. The first kappa shape index (κ1) is 32.1. The first-order chi connectivity index (χ1) is 20.5. The van der Waals surface area contributed by atoms with E-state index in [1.54, 1.807) is 6.92 Å². The molecule has 0 saturated heterocycles. The number of benzene rings is 3. The maximum atomic E-state index is 11.3. The standard InChI is InChI=1S/C35H41N3O4/c1-4-5-6-9-23-41-34-21-14-29(25-30(34)26-36)28-12-15-31(16-13-28)37-38-32-17-19-33(20-18-32)40-22-10-7-8-11-24-42-35(39)27(2)3/h12-21,25H,2,4-11,22-24H2,1,3H3. The van der Waals surface area contributed by atoms with Gasteiger partial charge in [-0.3, -0.25) is 0 Å². The second-order valence-corrected chi connectivity index (χ2v) is 10.2. The van der Waals surface area contributed by atoms with Crippen LogP contribution in [0.5, 0.6) is 11.5 Å². The molecule has 7 heteroatoms. The summed E-state index contributed by atoms with van der Waals surface area (Å²) in [6.45, 7) is 9.08. The Morgan fingerprint density at radius 2 is 1.33 bits per heavy atom. The van der Waals surface area contributed by atoms with Crippen LogP contribution in [0.1, 0.15) is 70.8 Å². The number of carbonyl (C=O) groups is 1. The Morgan fingerprint density at radius 1 is 0.762 bits per heavy atom. The van der Waals surface area contributed by atoms with Crippen LogP contribution < -0.4 is 9.47 Å². The molecule has 42 heavy (non-hydrogen) atoms. The molecule has 0 heterocycles. The summed E-state index contributed by atoms with van der Waals surface area (Å²) in [6.07, 6.45) is 8.28. The molecule has 0 unspecified atom stereocenters. The van der Waals surface area contributed by atoms with Crippen LogP contribution in [0.15, 0.2) is 89.1 Å². The van der Waals surface area contributed by atoms with E-state index in [2.05, 4.69) is 29.8 Å². The Hall–Kier alpha value is -4.44. The molecule has 0 fully saturated rings. The Bertz CT molecular complexity index is 1340. The smallest absolute Gasteiger partial charge is 0.333 e. The SMILES string of the molecule is C=C(C)C(=O)OCCCCCCOc1ccc(N=Nc2ccc(-c3ccc(OCCCCCC)c(C#N)c3)cc2)cc1. The first-order valence-electron chi connectivity index (χ1n) is 14.7. The van der Waals surface area contributed by atoms with Gasteiger partial charge in [-0.15, -0.1) is 0 Å². The predicted octanol–water partition coefficient (Wildman–Crippen LogP) is 9.66. The fraction of sp³-hybridized carbons (Fsp3) is 0.371. The summed E-state index contributed by atoms with van der Waals surface area (Å²) in [4.78, 5) is 11.3. The van der Waals surface area contributed by atoms with E-state index < -0.39 is 0 Å². The highest BCUT2D eigenvalue weighted by Crippen LogP contribution is 2.29. The van der Waals surface area contributed by atoms with Crippen LogP contribution in [0.3, 0.4) is 0 Å². The lowest BCUT2D eigenvalue weighted by Gasteiger charge is -2.10. The minimum absolute atomic E-state index is 0.328. The topological polar surface area (TPSA) is 93.3 Å². The maximum absolute atomic E-state index is 11.3. The number of nitrogens with zero attached hydrogens (tertiary/aromatic N) is 3. The molecule has 220 valence electrons. The lowest BCUT2D eigenvalue weighted by atomic mass is 10.0. The second kappa shape index (κ2) is 18.1. The van der Waals surface area contributed by atoms with E-state index in [0.29, 0.717) is 36.7 Å². The number of unbranched alkanes of at least 4 members (excludes halogenated alkanes) is 6. The van der Waals surface area contributed by atoms with Gasteiger partial charge in [0.05, 0.1) is 36.8 Å². The zero-order chi connectivity index (χ0) is 30.0. The van der Waals surface area contributed by atoms with E-state index in [1.807, 2.05) is 66.7 Å². The van der Waals surface area contributed by atoms with Gasteiger partial charge in [-0.2, -0.15) is 15.5 Å². The van der Waals surface area contributed by atoms with E-state index in [0.717, 1.165) is 66.8 Å². The van der Waals surface area contributed by atoms with Gasteiger partial charge in [0.15, 0.2) is 0 Å².